The minimum absolute atomic E-state index is 0.403. The summed E-state index contributed by atoms with van der Waals surface area (Å²) in [5.41, 5.74) is 1.91. The summed E-state index contributed by atoms with van der Waals surface area (Å²) in [7, 11) is -3.34. The van der Waals surface area contributed by atoms with Crippen molar-refractivity contribution in [3.05, 3.63) is 35.9 Å². The minimum atomic E-state index is -3.34. The molecule has 2 aromatic carbocycles. The van der Waals surface area contributed by atoms with Crippen LogP contribution in [0.15, 0.2) is 35.2 Å². The largest absolute Gasteiger partial charge is 0.279 e. The second kappa shape index (κ2) is 3.84. The molecule has 5 heteroatoms. The van der Waals surface area contributed by atoms with Gasteiger partial charge in [-0.25, -0.2) is 8.42 Å². The van der Waals surface area contributed by atoms with Crippen molar-refractivity contribution in [2.75, 3.05) is 9.15 Å². The van der Waals surface area contributed by atoms with E-state index in [4.69, 9.17) is 0 Å². The molecule has 0 atom stereocenters. The molecule has 0 aromatic heterocycles. The number of rotatable bonds is 2. The van der Waals surface area contributed by atoms with E-state index in [2.05, 4.69) is 27.3 Å². The standard InChI is InChI=1S/C12H10INO2S/c13-7-6-8-4-5-11-12-9(8)2-1-3-10(12)14-17(11,15)16/h1-5,14H,6-7H2. The van der Waals surface area contributed by atoms with Gasteiger partial charge in [0.1, 0.15) is 0 Å². The summed E-state index contributed by atoms with van der Waals surface area (Å²) < 4.78 is 27.4. The summed E-state index contributed by atoms with van der Waals surface area (Å²) in [6.07, 6.45) is 0.959. The second-order valence-corrected chi connectivity index (χ2v) is 6.73. The molecule has 1 heterocycles. The normalized spacial score (nSPS) is 16.1. The van der Waals surface area contributed by atoms with Crippen LogP contribution in [0.2, 0.25) is 0 Å². The fourth-order valence-corrected chi connectivity index (χ4v) is 4.15. The predicted octanol–water partition coefficient (Wildman–Crippen LogP) is 2.93. The number of hydrogen-bond acceptors (Lipinski definition) is 2. The van der Waals surface area contributed by atoms with Crippen LogP contribution in [0.5, 0.6) is 0 Å². The third-order valence-corrected chi connectivity index (χ3v) is 4.94. The quantitative estimate of drug-likeness (QED) is 0.662. The summed E-state index contributed by atoms with van der Waals surface area (Å²) in [5, 5.41) is 1.89. The maximum absolute atomic E-state index is 11.9. The van der Waals surface area contributed by atoms with Gasteiger partial charge in [-0.05, 0) is 29.5 Å². The lowest BCUT2D eigenvalue weighted by Gasteiger charge is -2.05. The molecular formula is C12H10INO2S. The van der Waals surface area contributed by atoms with Crippen LogP contribution in [-0.2, 0) is 16.4 Å². The Morgan fingerprint density at radius 2 is 2.00 bits per heavy atom. The minimum Gasteiger partial charge on any atom is -0.279 e. The first kappa shape index (κ1) is 11.3. The maximum atomic E-state index is 11.9. The van der Waals surface area contributed by atoms with Gasteiger partial charge in [-0.2, -0.15) is 0 Å². The molecule has 1 N–H and O–H groups in total. The number of aryl methyl sites for hydroxylation is 1. The van der Waals surface area contributed by atoms with Crippen molar-refractivity contribution in [2.24, 2.45) is 0 Å². The fraction of sp³-hybridized carbons (Fsp3) is 0.167. The highest BCUT2D eigenvalue weighted by atomic mass is 127. The van der Waals surface area contributed by atoms with Crippen LogP contribution >= 0.6 is 22.6 Å². The Balaban J connectivity index is 2.42. The number of hydrogen-bond donors (Lipinski definition) is 1. The number of alkyl halides is 1. The number of nitrogens with one attached hydrogen (secondary N) is 1. The summed E-state index contributed by atoms with van der Waals surface area (Å²) in [4.78, 5) is 0.403. The van der Waals surface area contributed by atoms with Crippen molar-refractivity contribution >= 4 is 49.1 Å². The maximum Gasteiger partial charge on any atom is 0.262 e. The van der Waals surface area contributed by atoms with Crippen LogP contribution in [0.25, 0.3) is 10.8 Å². The molecule has 1 aliphatic rings. The molecule has 0 unspecified atom stereocenters. The molecule has 2 aromatic rings. The van der Waals surface area contributed by atoms with Crippen LogP contribution in [-0.4, -0.2) is 12.8 Å². The van der Waals surface area contributed by atoms with Crippen molar-refractivity contribution < 1.29 is 8.42 Å². The van der Waals surface area contributed by atoms with E-state index in [9.17, 15) is 8.42 Å². The summed E-state index contributed by atoms with van der Waals surface area (Å²) in [6, 6.07) is 9.33. The van der Waals surface area contributed by atoms with Crippen molar-refractivity contribution in [3.8, 4) is 0 Å². The Morgan fingerprint density at radius 3 is 2.76 bits per heavy atom. The average Bonchev–Trinajstić information content (AvgIpc) is 2.55. The van der Waals surface area contributed by atoms with Gasteiger partial charge in [0.15, 0.2) is 0 Å². The Bertz CT molecular complexity index is 710. The van der Waals surface area contributed by atoms with E-state index in [1.165, 1.54) is 5.56 Å². The molecule has 0 radical (unpaired) electrons. The summed E-state index contributed by atoms with van der Waals surface area (Å²) >= 11 is 2.33. The number of sulfonamides is 1. The van der Waals surface area contributed by atoms with Crippen LogP contribution in [0.4, 0.5) is 5.69 Å². The van der Waals surface area contributed by atoms with Crippen molar-refractivity contribution in [1.29, 1.82) is 0 Å². The summed E-state index contributed by atoms with van der Waals surface area (Å²) in [5.74, 6) is 0. The van der Waals surface area contributed by atoms with Crippen molar-refractivity contribution in [1.82, 2.24) is 0 Å². The molecule has 0 saturated carbocycles. The molecule has 3 rings (SSSR count). The van der Waals surface area contributed by atoms with Crippen molar-refractivity contribution in [2.45, 2.75) is 11.3 Å². The predicted molar refractivity (Wildman–Crippen MR) is 77.3 cm³/mol. The smallest absolute Gasteiger partial charge is 0.262 e. The Morgan fingerprint density at radius 1 is 1.18 bits per heavy atom. The van der Waals surface area contributed by atoms with Gasteiger partial charge < -0.3 is 0 Å². The van der Waals surface area contributed by atoms with Gasteiger partial charge in [0.2, 0.25) is 0 Å². The zero-order valence-corrected chi connectivity index (χ0v) is 11.9. The zero-order chi connectivity index (χ0) is 12.0. The van der Waals surface area contributed by atoms with Crippen molar-refractivity contribution in [3.63, 3.8) is 0 Å². The van der Waals surface area contributed by atoms with E-state index in [1.807, 2.05) is 24.3 Å². The van der Waals surface area contributed by atoms with Crippen LogP contribution < -0.4 is 4.72 Å². The molecule has 17 heavy (non-hydrogen) atoms. The van der Waals surface area contributed by atoms with E-state index in [-0.39, 0.29) is 0 Å². The van der Waals surface area contributed by atoms with Gasteiger partial charge >= 0.3 is 0 Å². The number of anilines is 1. The van der Waals surface area contributed by atoms with Gasteiger partial charge in [-0.15, -0.1) is 0 Å². The van der Waals surface area contributed by atoms with E-state index >= 15 is 0 Å². The van der Waals surface area contributed by atoms with E-state index in [0.717, 1.165) is 21.6 Å². The van der Waals surface area contributed by atoms with E-state index < -0.39 is 10.0 Å². The Kier molecular flexibility index (Phi) is 2.55. The third-order valence-electron chi connectivity index (χ3n) is 2.99. The van der Waals surface area contributed by atoms with Crippen LogP contribution in [0.1, 0.15) is 5.56 Å². The monoisotopic (exact) mass is 359 g/mol. The number of halogens is 1. The Hall–Kier alpha value is -0.820. The molecule has 88 valence electrons. The highest BCUT2D eigenvalue weighted by molar-refractivity contribution is 14.1. The lowest BCUT2D eigenvalue weighted by atomic mass is 10.0. The lowest BCUT2D eigenvalue weighted by Crippen LogP contribution is -2.05. The molecule has 1 aliphatic heterocycles. The topological polar surface area (TPSA) is 46.2 Å². The van der Waals surface area contributed by atoms with Gasteiger partial charge in [0.25, 0.3) is 10.0 Å². The van der Waals surface area contributed by atoms with E-state index in [0.29, 0.717) is 10.6 Å². The highest BCUT2D eigenvalue weighted by Gasteiger charge is 2.27. The van der Waals surface area contributed by atoms with Gasteiger partial charge in [-0.1, -0.05) is 40.8 Å². The third kappa shape index (κ3) is 1.63. The zero-order valence-electron chi connectivity index (χ0n) is 8.90. The lowest BCUT2D eigenvalue weighted by molar-refractivity contribution is 0.603. The molecule has 0 amide bonds. The molecule has 0 fully saturated rings. The Labute approximate surface area is 113 Å². The molecule has 0 bridgehead atoms. The molecule has 0 spiro atoms. The molecule has 3 nitrogen and oxygen atoms in total. The van der Waals surface area contributed by atoms with Gasteiger partial charge in [0, 0.05) is 9.81 Å². The molecular weight excluding hydrogens is 349 g/mol. The van der Waals surface area contributed by atoms with E-state index in [1.54, 1.807) is 6.07 Å². The number of benzene rings is 2. The SMILES string of the molecule is O=S1(=O)Nc2cccc3c(CCI)ccc1c23. The summed E-state index contributed by atoms with van der Waals surface area (Å²) in [6.45, 7) is 0. The second-order valence-electron chi connectivity index (χ2n) is 4.00. The molecule has 0 saturated heterocycles. The first-order chi connectivity index (χ1) is 8.13. The fourth-order valence-electron chi connectivity index (χ4n) is 2.26. The first-order valence-electron chi connectivity index (χ1n) is 5.27. The van der Waals surface area contributed by atoms with Gasteiger partial charge in [-0.3, -0.25) is 4.72 Å². The van der Waals surface area contributed by atoms with Crippen LogP contribution in [0, 0.1) is 0 Å². The van der Waals surface area contributed by atoms with Gasteiger partial charge in [0.05, 0.1) is 10.6 Å². The van der Waals surface area contributed by atoms with Crippen LogP contribution in [0.3, 0.4) is 0 Å². The highest BCUT2D eigenvalue weighted by Crippen LogP contribution is 2.38. The average molecular weight is 359 g/mol. The first-order valence-corrected chi connectivity index (χ1v) is 8.28. The molecule has 0 aliphatic carbocycles.